The molecule has 0 aliphatic carbocycles. The summed E-state index contributed by atoms with van der Waals surface area (Å²) in [6, 6.07) is 2.03. The first-order chi connectivity index (χ1) is 17.5. The van der Waals surface area contributed by atoms with Crippen molar-refractivity contribution in [3.63, 3.8) is 0 Å². The molecular weight excluding hydrogens is 476 g/mol. The zero-order chi connectivity index (χ0) is 25.1. The standard InChI is InChI=1S/C26H30N6O3S/c27-25-26(5-10-32(11-6-26)23(35)17-33)15-20-13-19(16-29-24(20)30-25)1-2-22(34)31-8-3-18(4-9-31)14-21-28-7-12-36-21/h1-2,7,12-14,16,33H,3-6,8-11,15,17H2,(H2,27,29,30)/b2-1+. The topological polar surface area (TPSA) is 125 Å². The fourth-order valence-electron chi connectivity index (χ4n) is 5.16. The van der Waals surface area contributed by atoms with Gasteiger partial charge < -0.3 is 20.6 Å². The third-order valence-electron chi connectivity index (χ3n) is 7.39. The van der Waals surface area contributed by atoms with Gasteiger partial charge in [0.05, 0.1) is 0 Å². The summed E-state index contributed by atoms with van der Waals surface area (Å²) in [7, 11) is 0. The molecule has 0 saturated carbocycles. The summed E-state index contributed by atoms with van der Waals surface area (Å²) in [6.45, 7) is 2.02. The number of hydrogen-bond acceptors (Lipinski definition) is 8. The van der Waals surface area contributed by atoms with Gasteiger partial charge in [0.25, 0.3) is 0 Å². The van der Waals surface area contributed by atoms with Crippen LogP contribution in [0.4, 0.5) is 5.82 Å². The number of likely N-dealkylation sites (tertiary alicyclic amines) is 2. The van der Waals surface area contributed by atoms with Gasteiger partial charge in [-0.2, -0.15) is 0 Å². The van der Waals surface area contributed by atoms with Crippen molar-refractivity contribution in [2.24, 2.45) is 16.1 Å². The number of fused-ring (bicyclic) bond motifs is 1. The lowest BCUT2D eigenvalue weighted by Crippen LogP contribution is -2.51. The Labute approximate surface area is 214 Å². The van der Waals surface area contributed by atoms with E-state index in [-0.39, 0.29) is 17.2 Å². The number of aromatic nitrogens is 2. The first-order valence-corrected chi connectivity index (χ1v) is 13.1. The highest BCUT2D eigenvalue weighted by Gasteiger charge is 2.42. The number of thiazole rings is 1. The minimum atomic E-state index is -0.473. The average molecular weight is 507 g/mol. The maximum absolute atomic E-state index is 12.8. The molecule has 0 atom stereocenters. The van der Waals surface area contributed by atoms with Crippen molar-refractivity contribution in [2.75, 3.05) is 32.8 Å². The monoisotopic (exact) mass is 506 g/mol. The molecule has 1 spiro atoms. The second-order valence-electron chi connectivity index (χ2n) is 9.58. The number of piperidine rings is 2. The van der Waals surface area contributed by atoms with Crippen molar-refractivity contribution >= 4 is 47.0 Å². The van der Waals surface area contributed by atoms with E-state index in [4.69, 9.17) is 10.8 Å². The van der Waals surface area contributed by atoms with Crippen molar-refractivity contribution in [1.82, 2.24) is 19.8 Å². The van der Waals surface area contributed by atoms with Crippen LogP contribution in [0.2, 0.25) is 0 Å². The van der Waals surface area contributed by atoms with Crippen LogP contribution in [0, 0.1) is 5.41 Å². The Balaban J connectivity index is 1.21. The van der Waals surface area contributed by atoms with Crippen LogP contribution in [0.25, 0.3) is 12.2 Å². The summed E-state index contributed by atoms with van der Waals surface area (Å²) in [5.74, 6) is 0.924. The third-order valence-corrected chi connectivity index (χ3v) is 8.11. The molecule has 2 fully saturated rings. The number of aliphatic imine (C=N–C) groups is 1. The lowest BCUT2D eigenvalue weighted by Gasteiger charge is -2.43. The quantitative estimate of drug-likeness (QED) is 0.614. The zero-order valence-corrected chi connectivity index (χ0v) is 20.9. The van der Waals surface area contributed by atoms with Crippen LogP contribution >= 0.6 is 11.3 Å². The Morgan fingerprint density at radius 3 is 2.61 bits per heavy atom. The van der Waals surface area contributed by atoms with Crippen molar-refractivity contribution in [3.8, 4) is 0 Å². The molecule has 9 nitrogen and oxygen atoms in total. The van der Waals surface area contributed by atoms with Crippen LogP contribution in [0.3, 0.4) is 0 Å². The second-order valence-corrected chi connectivity index (χ2v) is 10.5. The highest BCUT2D eigenvalue weighted by molar-refractivity contribution is 7.10. The first kappa shape index (κ1) is 24.3. The molecule has 188 valence electrons. The van der Waals surface area contributed by atoms with E-state index in [9.17, 15) is 9.59 Å². The van der Waals surface area contributed by atoms with Gasteiger partial charge in [-0.15, -0.1) is 11.3 Å². The average Bonchev–Trinajstić information content (AvgIpc) is 3.41. The van der Waals surface area contributed by atoms with Gasteiger partial charge in [-0.25, -0.2) is 15.0 Å². The fourth-order valence-corrected chi connectivity index (χ4v) is 5.78. The number of aliphatic hydroxyl groups is 1. The molecule has 3 aliphatic rings. The number of amides is 2. The maximum atomic E-state index is 12.8. The molecule has 2 aromatic rings. The molecule has 10 heteroatoms. The van der Waals surface area contributed by atoms with E-state index < -0.39 is 6.61 Å². The van der Waals surface area contributed by atoms with Gasteiger partial charge in [0, 0.05) is 55.4 Å². The number of aliphatic hydroxyl groups excluding tert-OH is 1. The summed E-state index contributed by atoms with van der Waals surface area (Å²) in [4.78, 5) is 41.6. The van der Waals surface area contributed by atoms with Gasteiger partial charge in [-0.1, -0.05) is 5.57 Å². The van der Waals surface area contributed by atoms with Gasteiger partial charge in [0.2, 0.25) is 11.8 Å². The molecule has 36 heavy (non-hydrogen) atoms. The Kier molecular flexibility index (Phi) is 6.97. The Hall–Kier alpha value is -3.37. The van der Waals surface area contributed by atoms with E-state index in [0.717, 1.165) is 29.0 Å². The maximum Gasteiger partial charge on any atom is 0.248 e. The number of nitrogens with zero attached hydrogens (tertiary/aromatic N) is 5. The van der Waals surface area contributed by atoms with Gasteiger partial charge in [-0.3, -0.25) is 9.59 Å². The fraction of sp³-hybridized carbons (Fsp3) is 0.423. The summed E-state index contributed by atoms with van der Waals surface area (Å²) in [5.41, 5.74) is 9.23. The summed E-state index contributed by atoms with van der Waals surface area (Å²) in [5, 5.41) is 12.1. The number of pyridine rings is 1. The van der Waals surface area contributed by atoms with E-state index in [2.05, 4.69) is 21.0 Å². The number of rotatable bonds is 4. The van der Waals surface area contributed by atoms with Crippen LogP contribution in [0.5, 0.6) is 0 Å². The van der Waals surface area contributed by atoms with Crippen LogP contribution in [-0.2, 0) is 16.0 Å². The molecule has 3 aliphatic heterocycles. The predicted molar refractivity (Wildman–Crippen MR) is 139 cm³/mol. The SMILES string of the molecule is NC1=Nc2ncc(/C=C/C(=O)N3CCC(=Cc4nccs4)CC3)cc2CC12CCN(C(=O)CO)CC2. The molecule has 5 heterocycles. The third kappa shape index (κ3) is 5.10. The minimum Gasteiger partial charge on any atom is -0.387 e. The summed E-state index contributed by atoms with van der Waals surface area (Å²) in [6.07, 6.45) is 12.9. The number of carbonyl (C=O) groups excluding carboxylic acids is 2. The number of hydrogen-bond donors (Lipinski definition) is 2. The largest absolute Gasteiger partial charge is 0.387 e. The molecule has 0 aromatic carbocycles. The molecular formula is C26H30N6O3S. The Morgan fingerprint density at radius 1 is 1.14 bits per heavy atom. The van der Waals surface area contributed by atoms with Gasteiger partial charge in [0.15, 0.2) is 5.82 Å². The molecule has 5 rings (SSSR count). The lowest BCUT2D eigenvalue weighted by atomic mass is 9.71. The summed E-state index contributed by atoms with van der Waals surface area (Å²) >= 11 is 1.62. The van der Waals surface area contributed by atoms with E-state index in [1.54, 1.807) is 34.7 Å². The number of amidine groups is 1. The van der Waals surface area contributed by atoms with Gasteiger partial charge >= 0.3 is 0 Å². The highest BCUT2D eigenvalue weighted by atomic mass is 32.1. The first-order valence-electron chi connectivity index (χ1n) is 12.2. The summed E-state index contributed by atoms with van der Waals surface area (Å²) < 4.78 is 0. The predicted octanol–water partition coefficient (Wildman–Crippen LogP) is 2.40. The molecule has 2 aromatic heterocycles. The molecule has 2 saturated heterocycles. The highest BCUT2D eigenvalue weighted by Crippen LogP contribution is 2.41. The van der Waals surface area contributed by atoms with Crippen molar-refractivity contribution < 1.29 is 14.7 Å². The number of carbonyl (C=O) groups is 2. The van der Waals surface area contributed by atoms with Gasteiger partial charge in [0.1, 0.15) is 17.5 Å². The second kappa shape index (κ2) is 10.3. The van der Waals surface area contributed by atoms with Crippen molar-refractivity contribution in [1.29, 1.82) is 0 Å². The van der Waals surface area contributed by atoms with E-state index in [1.807, 2.05) is 22.4 Å². The normalized spacial score (nSPS) is 19.4. The van der Waals surface area contributed by atoms with Crippen LogP contribution in [0.1, 0.15) is 41.8 Å². The van der Waals surface area contributed by atoms with E-state index >= 15 is 0 Å². The van der Waals surface area contributed by atoms with Gasteiger partial charge in [-0.05, 0) is 61.4 Å². The van der Waals surface area contributed by atoms with E-state index in [1.165, 1.54) is 5.57 Å². The van der Waals surface area contributed by atoms with Crippen molar-refractivity contribution in [2.45, 2.75) is 32.1 Å². The smallest absolute Gasteiger partial charge is 0.248 e. The lowest BCUT2D eigenvalue weighted by molar-refractivity contribution is -0.136. The molecule has 0 radical (unpaired) electrons. The van der Waals surface area contributed by atoms with Crippen LogP contribution in [-0.4, -0.2) is 75.3 Å². The Morgan fingerprint density at radius 2 is 1.92 bits per heavy atom. The number of nitrogens with two attached hydrogens (primary N) is 1. The van der Waals surface area contributed by atoms with E-state index in [0.29, 0.717) is 57.1 Å². The van der Waals surface area contributed by atoms with Crippen LogP contribution in [0.15, 0.2) is 40.5 Å². The molecule has 0 bridgehead atoms. The molecule has 2 amide bonds. The zero-order valence-electron chi connectivity index (χ0n) is 20.1. The minimum absolute atomic E-state index is 0.000627. The Bertz CT molecular complexity index is 1220. The van der Waals surface area contributed by atoms with Crippen molar-refractivity contribution in [3.05, 3.63) is 51.6 Å². The molecule has 3 N–H and O–H groups in total. The van der Waals surface area contributed by atoms with Crippen LogP contribution < -0.4 is 5.73 Å². The molecule has 0 unspecified atom stereocenters.